The van der Waals surface area contributed by atoms with Crippen LogP contribution in [-0.4, -0.2) is 35.8 Å². The third-order valence-electron chi connectivity index (χ3n) is 4.18. The molecule has 0 radical (unpaired) electrons. The number of aromatic nitrogens is 1. The van der Waals surface area contributed by atoms with E-state index >= 15 is 0 Å². The van der Waals surface area contributed by atoms with Crippen molar-refractivity contribution in [3.05, 3.63) is 84.2 Å². The number of nitrogens with one attached hydrogen (secondary N) is 1. The van der Waals surface area contributed by atoms with E-state index in [2.05, 4.69) is 15.5 Å². The van der Waals surface area contributed by atoms with E-state index in [0.717, 1.165) is 0 Å². The fourth-order valence-corrected chi connectivity index (χ4v) is 2.66. The molecule has 0 unspecified atom stereocenters. The zero-order chi connectivity index (χ0) is 20.8. The fraction of sp³-hybridized carbons (Fsp3) is 0.0909. The van der Waals surface area contributed by atoms with Crippen molar-refractivity contribution >= 4 is 18.1 Å². The highest BCUT2D eigenvalue weighted by atomic mass is 16.6. The van der Waals surface area contributed by atoms with Crippen LogP contribution in [0, 0.1) is 0 Å². The first-order valence-electron chi connectivity index (χ1n) is 9.13. The van der Waals surface area contributed by atoms with Crippen LogP contribution < -0.4 is 19.6 Å². The second-order valence-electron chi connectivity index (χ2n) is 6.30. The van der Waals surface area contributed by atoms with Gasteiger partial charge < -0.3 is 14.2 Å². The lowest BCUT2D eigenvalue weighted by atomic mass is 10.2. The number of hydrogen-bond donors (Lipinski definition) is 1. The highest BCUT2D eigenvalue weighted by Gasteiger charge is 2.26. The van der Waals surface area contributed by atoms with Gasteiger partial charge in [-0.2, -0.15) is 5.10 Å². The number of hydrazone groups is 1. The second kappa shape index (κ2) is 8.87. The van der Waals surface area contributed by atoms with Crippen LogP contribution in [0.2, 0.25) is 0 Å². The van der Waals surface area contributed by atoms with Crippen molar-refractivity contribution < 1.29 is 23.8 Å². The van der Waals surface area contributed by atoms with Gasteiger partial charge in [0.25, 0.3) is 5.91 Å². The lowest BCUT2D eigenvalue weighted by molar-refractivity contribution is -0.130. The molecule has 1 aromatic heterocycles. The summed E-state index contributed by atoms with van der Waals surface area (Å²) in [6, 6.07) is 17.1. The second-order valence-corrected chi connectivity index (χ2v) is 6.30. The standard InChI is InChI=1S/C22H17N3O5/c26-21(20-14-28-18-5-1-2-6-19(18)30-20)25-24-12-15-7-9-17(10-8-15)29-22(27)16-4-3-11-23-13-16/h1-13,20H,14H2,(H,25,26)/t20-/m0/s1. The predicted molar refractivity (Wildman–Crippen MR) is 108 cm³/mol. The van der Waals surface area contributed by atoms with Gasteiger partial charge in [-0.25, -0.2) is 10.2 Å². The molecule has 2 heterocycles. The van der Waals surface area contributed by atoms with Crippen molar-refractivity contribution in [1.82, 2.24) is 10.4 Å². The van der Waals surface area contributed by atoms with Gasteiger partial charge in [0.2, 0.25) is 6.10 Å². The summed E-state index contributed by atoms with van der Waals surface area (Å²) < 4.78 is 16.4. The Hall–Kier alpha value is -4.20. The van der Waals surface area contributed by atoms with Crippen molar-refractivity contribution in [2.75, 3.05) is 6.61 Å². The number of amides is 1. The molecular formula is C22H17N3O5. The number of fused-ring (bicyclic) bond motifs is 1. The molecule has 3 aromatic rings. The van der Waals surface area contributed by atoms with E-state index in [1.165, 1.54) is 12.4 Å². The molecule has 150 valence electrons. The SMILES string of the molecule is O=C(Oc1ccc(C=NNC(=O)[C@@H]2COc3ccccc3O2)cc1)c1cccnc1. The van der Waals surface area contributed by atoms with Crippen molar-refractivity contribution in [2.24, 2.45) is 5.10 Å². The van der Waals surface area contributed by atoms with Gasteiger partial charge in [-0.3, -0.25) is 9.78 Å². The van der Waals surface area contributed by atoms with E-state index in [4.69, 9.17) is 14.2 Å². The molecule has 0 aliphatic carbocycles. The van der Waals surface area contributed by atoms with Crippen molar-refractivity contribution in [3.8, 4) is 17.2 Å². The van der Waals surface area contributed by atoms with Gasteiger partial charge in [-0.15, -0.1) is 0 Å². The maximum atomic E-state index is 12.2. The number of rotatable bonds is 5. The Kier molecular flexibility index (Phi) is 5.66. The fourth-order valence-electron chi connectivity index (χ4n) is 2.66. The third-order valence-corrected chi connectivity index (χ3v) is 4.18. The Morgan fingerprint density at radius 2 is 1.87 bits per heavy atom. The molecular weight excluding hydrogens is 386 g/mol. The van der Waals surface area contributed by atoms with Gasteiger partial charge in [0.15, 0.2) is 11.5 Å². The van der Waals surface area contributed by atoms with E-state index in [-0.39, 0.29) is 6.61 Å². The average molecular weight is 403 g/mol. The van der Waals surface area contributed by atoms with Crippen LogP contribution in [0.4, 0.5) is 0 Å². The number of carbonyl (C=O) groups is 2. The highest BCUT2D eigenvalue weighted by Crippen LogP contribution is 2.30. The summed E-state index contributed by atoms with van der Waals surface area (Å²) in [7, 11) is 0. The maximum absolute atomic E-state index is 12.2. The Balaban J connectivity index is 1.29. The highest BCUT2D eigenvalue weighted by molar-refractivity contribution is 5.90. The van der Waals surface area contributed by atoms with Crippen LogP contribution in [0.15, 0.2) is 78.2 Å². The molecule has 1 aliphatic rings. The number of nitrogens with zero attached hydrogens (tertiary/aromatic N) is 2. The van der Waals surface area contributed by atoms with Gasteiger partial charge in [0.1, 0.15) is 12.4 Å². The van der Waals surface area contributed by atoms with Crippen LogP contribution in [0.25, 0.3) is 0 Å². The molecule has 1 amide bonds. The molecule has 1 atom stereocenters. The van der Waals surface area contributed by atoms with E-state index in [1.54, 1.807) is 60.8 Å². The minimum Gasteiger partial charge on any atom is -0.485 e. The number of para-hydroxylation sites is 2. The van der Waals surface area contributed by atoms with Crippen molar-refractivity contribution in [2.45, 2.75) is 6.10 Å². The monoisotopic (exact) mass is 403 g/mol. The molecule has 0 bridgehead atoms. The first-order chi connectivity index (χ1) is 14.7. The summed E-state index contributed by atoms with van der Waals surface area (Å²) in [5, 5.41) is 3.93. The molecule has 0 saturated heterocycles. The summed E-state index contributed by atoms with van der Waals surface area (Å²) in [4.78, 5) is 28.1. The van der Waals surface area contributed by atoms with Gasteiger partial charge in [0.05, 0.1) is 11.8 Å². The zero-order valence-corrected chi connectivity index (χ0v) is 15.7. The molecule has 30 heavy (non-hydrogen) atoms. The van der Waals surface area contributed by atoms with E-state index in [0.29, 0.717) is 28.4 Å². The van der Waals surface area contributed by atoms with Gasteiger partial charge in [0, 0.05) is 12.4 Å². The molecule has 0 saturated carbocycles. The van der Waals surface area contributed by atoms with Crippen LogP contribution in [-0.2, 0) is 4.79 Å². The van der Waals surface area contributed by atoms with E-state index in [1.807, 2.05) is 6.07 Å². The quantitative estimate of drug-likeness (QED) is 0.304. The Morgan fingerprint density at radius 1 is 1.07 bits per heavy atom. The number of hydrogen-bond acceptors (Lipinski definition) is 7. The third kappa shape index (κ3) is 4.61. The lowest BCUT2D eigenvalue weighted by Gasteiger charge is -2.24. The van der Waals surface area contributed by atoms with Crippen LogP contribution in [0.5, 0.6) is 17.2 Å². The minimum absolute atomic E-state index is 0.107. The summed E-state index contributed by atoms with van der Waals surface area (Å²) in [5.74, 6) is 0.603. The molecule has 1 N–H and O–H groups in total. The van der Waals surface area contributed by atoms with Crippen molar-refractivity contribution in [3.63, 3.8) is 0 Å². The zero-order valence-electron chi connectivity index (χ0n) is 15.7. The molecule has 8 heteroatoms. The average Bonchev–Trinajstić information content (AvgIpc) is 2.80. The number of pyridine rings is 1. The lowest BCUT2D eigenvalue weighted by Crippen LogP contribution is -2.42. The molecule has 2 aromatic carbocycles. The van der Waals surface area contributed by atoms with Gasteiger partial charge >= 0.3 is 5.97 Å². The van der Waals surface area contributed by atoms with E-state index in [9.17, 15) is 9.59 Å². The summed E-state index contributed by atoms with van der Waals surface area (Å²) in [5.41, 5.74) is 3.51. The predicted octanol–water partition coefficient (Wildman–Crippen LogP) is 2.59. The van der Waals surface area contributed by atoms with Crippen LogP contribution in [0.1, 0.15) is 15.9 Å². The Labute approximate surface area is 172 Å². The number of carbonyl (C=O) groups excluding carboxylic acids is 2. The summed E-state index contributed by atoms with van der Waals surface area (Å²) in [6.07, 6.45) is 3.70. The van der Waals surface area contributed by atoms with Crippen LogP contribution >= 0.6 is 0 Å². The van der Waals surface area contributed by atoms with Gasteiger partial charge in [-0.1, -0.05) is 12.1 Å². The normalized spacial score (nSPS) is 14.9. The molecule has 4 rings (SSSR count). The van der Waals surface area contributed by atoms with Crippen molar-refractivity contribution in [1.29, 1.82) is 0 Å². The number of esters is 1. The topological polar surface area (TPSA) is 99.1 Å². The van der Waals surface area contributed by atoms with Crippen LogP contribution in [0.3, 0.4) is 0 Å². The largest absolute Gasteiger partial charge is 0.485 e. The smallest absolute Gasteiger partial charge is 0.345 e. The van der Waals surface area contributed by atoms with E-state index < -0.39 is 18.0 Å². The first kappa shape index (κ1) is 19.1. The molecule has 1 aliphatic heterocycles. The number of ether oxygens (including phenoxy) is 3. The molecule has 0 fully saturated rings. The Morgan fingerprint density at radius 3 is 2.63 bits per heavy atom. The minimum atomic E-state index is -0.786. The summed E-state index contributed by atoms with van der Waals surface area (Å²) >= 11 is 0. The first-order valence-corrected chi connectivity index (χ1v) is 9.13. The van der Waals surface area contributed by atoms with Gasteiger partial charge in [-0.05, 0) is 54.1 Å². The number of benzene rings is 2. The molecule has 0 spiro atoms. The molecule has 8 nitrogen and oxygen atoms in total. The maximum Gasteiger partial charge on any atom is 0.345 e. The Bertz CT molecular complexity index is 1070. The summed E-state index contributed by atoms with van der Waals surface area (Å²) in [6.45, 7) is 0.107.